The van der Waals surface area contributed by atoms with E-state index in [0.717, 1.165) is 10.8 Å². The average Bonchev–Trinajstić information content (AvgIpc) is 2.71. The zero-order valence-corrected chi connectivity index (χ0v) is 10.6. The number of imidazole rings is 1. The first-order valence-corrected chi connectivity index (χ1v) is 5.48. The monoisotopic (exact) mass is 285 g/mol. The summed E-state index contributed by atoms with van der Waals surface area (Å²) in [7, 11) is 1.35. The summed E-state index contributed by atoms with van der Waals surface area (Å²) in [6, 6.07) is 0. The molecule has 0 saturated heterocycles. The van der Waals surface area contributed by atoms with Crippen LogP contribution in [0.3, 0.4) is 0 Å². The first-order valence-electron chi connectivity index (χ1n) is 5.48. The van der Waals surface area contributed by atoms with E-state index in [2.05, 4.69) is 20.3 Å². The van der Waals surface area contributed by atoms with Crippen LogP contribution in [0.4, 0.5) is 19.1 Å². The highest BCUT2D eigenvalue weighted by Gasteiger charge is 2.34. The van der Waals surface area contributed by atoms with Gasteiger partial charge in [0.1, 0.15) is 5.69 Å². The van der Waals surface area contributed by atoms with Crippen LogP contribution in [0.25, 0.3) is 0 Å². The maximum atomic E-state index is 12.5. The summed E-state index contributed by atoms with van der Waals surface area (Å²) in [4.78, 5) is 22.8. The van der Waals surface area contributed by atoms with Gasteiger partial charge in [-0.3, -0.25) is 15.1 Å². The van der Waals surface area contributed by atoms with Crippen molar-refractivity contribution in [2.24, 2.45) is 7.05 Å². The number of amides is 1. The fourth-order valence-electron chi connectivity index (χ4n) is 1.39. The van der Waals surface area contributed by atoms with Gasteiger partial charge in [-0.05, 0) is 6.92 Å². The van der Waals surface area contributed by atoms with Gasteiger partial charge in [0.05, 0.1) is 11.9 Å². The second-order valence-electron chi connectivity index (χ2n) is 4.06. The van der Waals surface area contributed by atoms with E-state index in [1.54, 1.807) is 6.92 Å². The lowest BCUT2D eigenvalue weighted by Gasteiger charge is -2.03. The van der Waals surface area contributed by atoms with Crippen molar-refractivity contribution in [3.8, 4) is 0 Å². The number of nitrogens with zero attached hydrogens (tertiary/aromatic N) is 4. The SMILES string of the molecule is Cc1cnc(C(=O)Nc2nc(C(F)(F)F)cn2C)cn1. The van der Waals surface area contributed by atoms with Gasteiger partial charge < -0.3 is 4.57 Å². The van der Waals surface area contributed by atoms with Crippen LogP contribution in [0.5, 0.6) is 0 Å². The summed E-state index contributed by atoms with van der Waals surface area (Å²) < 4.78 is 38.5. The van der Waals surface area contributed by atoms with Gasteiger partial charge in [-0.2, -0.15) is 13.2 Å². The topological polar surface area (TPSA) is 72.7 Å². The third-order valence-electron chi connectivity index (χ3n) is 2.41. The predicted molar refractivity (Wildman–Crippen MR) is 62.9 cm³/mol. The van der Waals surface area contributed by atoms with Gasteiger partial charge in [0.2, 0.25) is 5.95 Å². The van der Waals surface area contributed by atoms with Crippen LogP contribution in [-0.4, -0.2) is 25.4 Å². The van der Waals surface area contributed by atoms with Gasteiger partial charge in [-0.1, -0.05) is 0 Å². The first kappa shape index (κ1) is 14.0. The normalized spacial score (nSPS) is 11.4. The molecule has 2 rings (SSSR count). The van der Waals surface area contributed by atoms with Crippen LogP contribution < -0.4 is 5.32 Å². The Balaban J connectivity index is 2.20. The maximum absolute atomic E-state index is 12.5. The Hall–Kier alpha value is -2.45. The summed E-state index contributed by atoms with van der Waals surface area (Å²) in [5.41, 5.74) is -0.463. The minimum Gasteiger partial charge on any atom is -0.320 e. The number of carbonyl (C=O) groups excluding carboxylic acids is 1. The minimum atomic E-state index is -4.57. The molecule has 1 N–H and O–H groups in total. The Labute approximate surface area is 111 Å². The third kappa shape index (κ3) is 2.92. The van der Waals surface area contributed by atoms with Crippen LogP contribution in [0.1, 0.15) is 21.9 Å². The minimum absolute atomic E-state index is 0.00726. The number of aryl methyl sites for hydroxylation is 2. The van der Waals surface area contributed by atoms with E-state index in [1.807, 2.05) is 0 Å². The second kappa shape index (κ2) is 4.91. The van der Waals surface area contributed by atoms with E-state index in [9.17, 15) is 18.0 Å². The molecule has 0 aromatic carbocycles. The third-order valence-corrected chi connectivity index (χ3v) is 2.41. The molecule has 0 aliphatic carbocycles. The van der Waals surface area contributed by atoms with Crippen molar-refractivity contribution in [3.05, 3.63) is 35.7 Å². The highest BCUT2D eigenvalue weighted by molar-refractivity contribution is 6.01. The summed E-state index contributed by atoms with van der Waals surface area (Å²) in [6.07, 6.45) is -1.16. The standard InChI is InChI=1S/C11H10F3N5O/c1-6-3-16-7(4-15-6)9(20)18-10-17-8(5-19(10)2)11(12,13)14/h3-5H,1-2H3,(H,17,18,20). The number of anilines is 1. The summed E-state index contributed by atoms with van der Waals surface area (Å²) in [6.45, 7) is 1.70. The number of hydrogen-bond acceptors (Lipinski definition) is 4. The van der Waals surface area contributed by atoms with E-state index in [4.69, 9.17) is 0 Å². The summed E-state index contributed by atoms with van der Waals surface area (Å²) in [5, 5.41) is 2.25. The Bertz CT molecular complexity index is 632. The number of halogens is 3. The molecule has 0 spiro atoms. The summed E-state index contributed by atoms with van der Waals surface area (Å²) in [5.74, 6) is -0.898. The van der Waals surface area contributed by atoms with Gasteiger partial charge >= 0.3 is 6.18 Å². The van der Waals surface area contributed by atoms with Gasteiger partial charge in [-0.25, -0.2) is 9.97 Å². The van der Waals surface area contributed by atoms with Gasteiger partial charge in [0, 0.05) is 19.4 Å². The predicted octanol–water partition coefficient (Wildman–Crippen LogP) is 1.79. The molecule has 0 aliphatic heterocycles. The molecule has 2 aromatic heterocycles. The first-order chi connectivity index (χ1) is 9.27. The van der Waals surface area contributed by atoms with Gasteiger partial charge in [-0.15, -0.1) is 0 Å². The largest absolute Gasteiger partial charge is 0.434 e. The van der Waals surface area contributed by atoms with Gasteiger partial charge in [0.25, 0.3) is 5.91 Å². The Kier molecular flexibility index (Phi) is 3.43. The Morgan fingerprint density at radius 3 is 2.50 bits per heavy atom. The zero-order valence-electron chi connectivity index (χ0n) is 10.6. The molecular formula is C11H10F3N5O. The van der Waals surface area contributed by atoms with Crippen molar-refractivity contribution in [1.29, 1.82) is 0 Å². The number of carbonyl (C=O) groups is 1. The van der Waals surface area contributed by atoms with Crippen molar-refractivity contribution >= 4 is 11.9 Å². The molecule has 0 aliphatic rings. The molecule has 0 radical (unpaired) electrons. The van der Waals surface area contributed by atoms with E-state index >= 15 is 0 Å². The molecule has 0 bridgehead atoms. The molecule has 2 aromatic rings. The van der Waals surface area contributed by atoms with Crippen molar-refractivity contribution in [1.82, 2.24) is 19.5 Å². The highest BCUT2D eigenvalue weighted by Crippen LogP contribution is 2.29. The van der Waals surface area contributed by atoms with Crippen molar-refractivity contribution in [3.63, 3.8) is 0 Å². The molecular weight excluding hydrogens is 275 g/mol. The van der Waals surface area contributed by atoms with E-state index in [-0.39, 0.29) is 11.6 Å². The van der Waals surface area contributed by atoms with E-state index in [0.29, 0.717) is 5.69 Å². The molecule has 20 heavy (non-hydrogen) atoms. The maximum Gasteiger partial charge on any atom is 0.434 e. The fraction of sp³-hybridized carbons (Fsp3) is 0.273. The average molecular weight is 285 g/mol. The van der Waals surface area contributed by atoms with Crippen LogP contribution in [-0.2, 0) is 13.2 Å². The summed E-state index contributed by atoms with van der Waals surface area (Å²) >= 11 is 0. The molecule has 0 unspecified atom stereocenters. The molecule has 9 heteroatoms. The highest BCUT2D eigenvalue weighted by atomic mass is 19.4. The van der Waals surface area contributed by atoms with Crippen molar-refractivity contribution in [2.75, 3.05) is 5.32 Å². The molecule has 6 nitrogen and oxygen atoms in total. The molecule has 0 atom stereocenters. The van der Waals surface area contributed by atoms with Crippen LogP contribution in [0, 0.1) is 6.92 Å². The number of aromatic nitrogens is 4. The number of hydrogen-bond donors (Lipinski definition) is 1. The van der Waals surface area contributed by atoms with Crippen LogP contribution >= 0.6 is 0 Å². The lowest BCUT2D eigenvalue weighted by molar-refractivity contribution is -0.140. The Morgan fingerprint density at radius 2 is 2.00 bits per heavy atom. The molecule has 106 valence electrons. The van der Waals surface area contributed by atoms with Gasteiger partial charge in [0.15, 0.2) is 5.69 Å². The van der Waals surface area contributed by atoms with Crippen molar-refractivity contribution in [2.45, 2.75) is 13.1 Å². The lowest BCUT2D eigenvalue weighted by atomic mass is 10.4. The van der Waals surface area contributed by atoms with Crippen molar-refractivity contribution < 1.29 is 18.0 Å². The molecule has 0 saturated carbocycles. The lowest BCUT2D eigenvalue weighted by Crippen LogP contribution is -2.17. The quantitative estimate of drug-likeness (QED) is 0.913. The Morgan fingerprint density at radius 1 is 1.30 bits per heavy atom. The van der Waals surface area contributed by atoms with E-state index in [1.165, 1.54) is 19.4 Å². The molecule has 1 amide bonds. The molecule has 2 heterocycles. The smallest absolute Gasteiger partial charge is 0.320 e. The molecule has 0 fully saturated rings. The number of alkyl halides is 3. The number of rotatable bonds is 2. The van der Waals surface area contributed by atoms with Crippen LogP contribution in [0.15, 0.2) is 18.6 Å². The van der Waals surface area contributed by atoms with E-state index < -0.39 is 17.8 Å². The second-order valence-corrected chi connectivity index (χ2v) is 4.06. The zero-order chi connectivity index (χ0) is 14.9. The number of nitrogens with one attached hydrogen (secondary N) is 1. The van der Waals surface area contributed by atoms with Crippen LogP contribution in [0.2, 0.25) is 0 Å². The fourth-order valence-corrected chi connectivity index (χ4v) is 1.39.